The summed E-state index contributed by atoms with van der Waals surface area (Å²) >= 11 is 0. The summed E-state index contributed by atoms with van der Waals surface area (Å²) in [5, 5.41) is 0. The molecule has 1 aromatic rings. The van der Waals surface area contributed by atoms with Crippen LogP contribution in [0.5, 0.6) is 5.75 Å². The molecule has 1 heterocycles. The fraction of sp³-hybridized carbons (Fsp3) is 0.500. The van der Waals surface area contributed by atoms with Gasteiger partial charge in [0.05, 0.1) is 13.2 Å². The maximum Gasteiger partial charge on any atom is 0.124 e. The van der Waals surface area contributed by atoms with E-state index >= 15 is 0 Å². The van der Waals surface area contributed by atoms with Crippen LogP contribution in [0.2, 0.25) is 0 Å². The van der Waals surface area contributed by atoms with Crippen molar-refractivity contribution in [1.29, 1.82) is 0 Å². The lowest BCUT2D eigenvalue weighted by Crippen LogP contribution is -2.17. The summed E-state index contributed by atoms with van der Waals surface area (Å²) < 4.78 is 11.1. The summed E-state index contributed by atoms with van der Waals surface area (Å²) in [6, 6.07) is 6.12. The summed E-state index contributed by atoms with van der Waals surface area (Å²) in [5.74, 6) is 0.901. The second-order valence-electron chi connectivity index (χ2n) is 3.92. The van der Waals surface area contributed by atoms with Crippen molar-refractivity contribution in [3.63, 3.8) is 0 Å². The number of benzene rings is 1. The van der Waals surface area contributed by atoms with E-state index in [0.29, 0.717) is 13.2 Å². The molecule has 1 atom stereocenters. The highest BCUT2D eigenvalue weighted by Gasteiger charge is 2.18. The molecule has 15 heavy (non-hydrogen) atoms. The van der Waals surface area contributed by atoms with Crippen LogP contribution in [0.15, 0.2) is 18.2 Å². The third-order valence-corrected chi connectivity index (χ3v) is 2.62. The van der Waals surface area contributed by atoms with Crippen molar-refractivity contribution in [1.82, 2.24) is 0 Å². The Morgan fingerprint density at radius 3 is 3.07 bits per heavy atom. The van der Waals surface area contributed by atoms with Crippen LogP contribution in [-0.4, -0.2) is 19.3 Å². The van der Waals surface area contributed by atoms with Crippen molar-refractivity contribution >= 4 is 0 Å². The zero-order chi connectivity index (χ0) is 10.7. The number of aryl methyl sites for hydroxylation is 1. The van der Waals surface area contributed by atoms with Crippen LogP contribution in [0.3, 0.4) is 0 Å². The van der Waals surface area contributed by atoms with Crippen molar-refractivity contribution in [2.45, 2.75) is 26.0 Å². The lowest BCUT2D eigenvalue weighted by atomic mass is 10.1. The third-order valence-electron chi connectivity index (χ3n) is 2.62. The average molecular weight is 207 g/mol. The van der Waals surface area contributed by atoms with E-state index < -0.39 is 0 Å². The van der Waals surface area contributed by atoms with Gasteiger partial charge in [-0.1, -0.05) is 17.7 Å². The predicted octanol–water partition coefficient (Wildman–Crippen LogP) is 1.62. The van der Waals surface area contributed by atoms with E-state index in [0.717, 1.165) is 24.3 Å². The minimum Gasteiger partial charge on any atom is -0.488 e. The molecule has 3 heteroatoms. The van der Waals surface area contributed by atoms with Crippen LogP contribution >= 0.6 is 0 Å². The third kappa shape index (κ3) is 2.49. The van der Waals surface area contributed by atoms with Gasteiger partial charge in [0.15, 0.2) is 0 Å². The topological polar surface area (TPSA) is 44.5 Å². The molecule has 1 aliphatic heterocycles. The van der Waals surface area contributed by atoms with Crippen LogP contribution in [0.1, 0.15) is 17.5 Å². The summed E-state index contributed by atoms with van der Waals surface area (Å²) in [4.78, 5) is 0. The summed E-state index contributed by atoms with van der Waals surface area (Å²) in [5.41, 5.74) is 7.97. The summed E-state index contributed by atoms with van der Waals surface area (Å²) in [7, 11) is 0. The Balaban J connectivity index is 2.12. The first kappa shape index (κ1) is 10.5. The van der Waals surface area contributed by atoms with Crippen molar-refractivity contribution in [3.8, 4) is 5.75 Å². The first-order valence-electron chi connectivity index (χ1n) is 5.33. The van der Waals surface area contributed by atoms with Crippen LogP contribution in [-0.2, 0) is 11.3 Å². The monoisotopic (exact) mass is 207 g/mol. The van der Waals surface area contributed by atoms with Gasteiger partial charge in [-0.15, -0.1) is 0 Å². The standard InChI is InChI=1S/C12H17NO2/c1-9-2-3-12(10(6-9)7-13)15-11-4-5-14-8-11/h2-3,6,11H,4-5,7-8,13H2,1H3. The van der Waals surface area contributed by atoms with Crippen molar-refractivity contribution < 1.29 is 9.47 Å². The Bertz CT molecular complexity index is 332. The van der Waals surface area contributed by atoms with Crippen LogP contribution in [0, 0.1) is 6.92 Å². The number of nitrogens with two attached hydrogens (primary N) is 1. The predicted molar refractivity (Wildman–Crippen MR) is 58.9 cm³/mol. The highest BCUT2D eigenvalue weighted by atomic mass is 16.5. The van der Waals surface area contributed by atoms with Crippen LogP contribution in [0.25, 0.3) is 0 Å². The minimum absolute atomic E-state index is 0.193. The molecule has 0 saturated carbocycles. The first-order chi connectivity index (χ1) is 7.29. The molecule has 82 valence electrons. The molecular weight excluding hydrogens is 190 g/mol. The molecule has 1 aromatic carbocycles. The highest BCUT2D eigenvalue weighted by Crippen LogP contribution is 2.22. The fourth-order valence-corrected chi connectivity index (χ4v) is 1.77. The van der Waals surface area contributed by atoms with Gasteiger partial charge >= 0.3 is 0 Å². The molecule has 2 N–H and O–H groups in total. The van der Waals surface area contributed by atoms with E-state index in [1.165, 1.54) is 5.56 Å². The molecule has 1 fully saturated rings. The normalized spacial score (nSPS) is 20.5. The van der Waals surface area contributed by atoms with E-state index in [4.69, 9.17) is 15.2 Å². The molecule has 0 radical (unpaired) electrons. The smallest absolute Gasteiger partial charge is 0.124 e. The summed E-state index contributed by atoms with van der Waals surface area (Å²) in [6.07, 6.45) is 1.16. The van der Waals surface area contributed by atoms with Crippen molar-refractivity contribution in [2.75, 3.05) is 13.2 Å². The van der Waals surface area contributed by atoms with Gasteiger partial charge < -0.3 is 15.2 Å². The molecule has 1 unspecified atom stereocenters. The highest BCUT2D eigenvalue weighted by molar-refractivity contribution is 5.36. The zero-order valence-corrected chi connectivity index (χ0v) is 9.03. The molecule has 0 aromatic heterocycles. The lowest BCUT2D eigenvalue weighted by molar-refractivity contribution is 0.140. The van der Waals surface area contributed by atoms with Gasteiger partial charge in [-0.3, -0.25) is 0 Å². The van der Waals surface area contributed by atoms with Gasteiger partial charge in [0, 0.05) is 18.5 Å². The van der Waals surface area contributed by atoms with Crippen molar-refractivity contribution in [2.24, 2.45) is 5.73 Å². The van der Waals surface area contributed by atoms with Gasteiger partial charge in [0.25, 0.3) is 0 Å². The molecule has 1 aliphatic rings. The van der Waals surface area contributed by atoms with Gasteiger partial charge in [0.1, 0.15) is 11.9 Å². The lowest BCUT2D eigenvalue weighted by Gasteiger charge is -2.15. The average Bonchev–Trinajstić information content (AvgIpc) is 2.73. The maximum atomic E-state index is 5.85. The second kappa shape index (κ2) is 4.64. The number of rotatable bonds is 3. The molecule has 0 bridgehead atoms. The molecule has 1 saturated heterocycles. The maximum absolute atomic E-state index is 5.85. The van der Waals surface area contributed by atoms with E-state index in [1.807, 2.05) is 12.1 Å². The number of hydrogen-bond donors (Lipinski definition) is 1. The molecule has 0 amide bonds. The Hall–Kier alpha value is -1.06. The number of hydrogen-bond acceptors (Lipinski definition) is 3. The van der Waals surface area contributed by atoms with Crippen molar-refractivity contribution in [3.05, 3.63) is 29.3 Å². The molecule has 0 spiro atoms. The first-order valence-corrected chi connectivity index (χ1v) is 5.33. The fourth-order valence-electron chi connectivity index (χ4n) is 1.77. The quantitative estimate of drug-likeness (QED) is 0.819. The van der Waals surface area contributed by atoms with Crippen LogP contribution in [0.4, 0.5) is 0 Å². The minimum atomic E-state index is 0.193. The Morgan fingerprint density at radius 1 is 1.53 bits per heavy atom. The van der Waals surface area contributed by atoms with E-state index in [9.17, 15) is 0 Å². The van der Waals surface area contributed by atoms with E-state index in [1.54, 1.807) is 0 Å². The molecule has 3 nitrogen and oxygen atoms in total. The van der Waals surface area contributed by atoms with E-state index in [2.05, 4.69) is 13.0 Å². The van der Waals surface area contributed by atoms with Gasteiger partial charge in [-0.05, 0) is 13.0 Å². The van der Waals surface area contributed by atoms with Gasteiger partial charge in [-0.2, -0.15) is 0 Å². The van der Waals surface area contributed by atoms with Gasteiger partial charge in [0.2, 0.25) is 0 Å². The van der Waals surface area contributed by atoms with Crippen LogP contribution < -0.4 is 10.5 Å². The molecule has 0 aliphatic carbocycles. The zero-order valence-electron chi connectivity index (χ0n) is 9.03. The second-order valence-corrected chi connectivity index (χ2v) is 3.92. The Labute approximate surface area is 90.2 Å². The summed E-state index contributed by atoms with van der Waals surface area (Å²) in [6.45, 7) is 4.07. The largest absolute Gasteiger partial charge is 0.488 e. The SMILES string of the molecule is Cc1ccc(OC2CCOC2)c(CN)c1. The Kier molecular flexibility index (Phi) is 3.23. The number of ether oxygens (including phenoxy) is 2. The van der Waals surface area contributed by atoms with E-state index in [-0.39, 0.29) is 6.10 Å². The molecular formula is C12H17NO2. The molecule has 2 rings (SSSR count). The van der Waals surface area contributed by atoms with Gasteiger partial charge in [-0.25, -0.2) is 0 Å². The Morgan fingerprint density at radius 2 is 2.40 bits per heavy atom.